The Morgan fingerprint density at radius 1 is 1.45 bits per heavy atom. The molecule has 0 saturated carbocycles. The average molecular weight is 214 g/mol. The molecule has 1 radical (unpaired) electrons. The fourth-order valence-electron chi connectivity index (χ4n) is 0.832. The van der Waals surface area contributed by atoms with Crippen molar-refractivity contribution < 1.29 is 9.68 Å². The van der Waals surface area contributed by atoms with Gasteiger partial charge in [0.1, 0.15) is 5.75 Å². The summed E-state index contributed by atoms with van der Waals surface area (Å²) in [6.07, 6.45) is 0. The Balaban J connectivity index is 2.89. The van der Waals surface area contributed by atoms with Crippen LogP contribution in [0.5, 0.6) is 5.75 Å². The van der Waals surface area contributed by atoms with Crippen LogP contribution in [0.2, 0.25) is 0 Å². The van der Waals surface area contributed by atoms with Crippen LogP contribution in [0.1, 0.15) is 5.56 Å². The molecule has 0 aliphatic heterocycles. The second-order valence-corrected chi connectivity index (χ2v) is 3.10. The van der Waals surface area contributed by atoms with E-state index in [0.29, 0.717) is 13.4 Å². The zero-order chi connectivity index (χ0) is 8.27. The maximum Gasteiger partial charge on any atom is 0.569 e. The van der Waals surface area contributed by atoms with E-state index >= 15 is 0 Å². The van der Waals surface area contributed by atoms with Crippen LogP contribution in [0, 0.1) is 6.92 Å². The zero-order valence-corrected chi connectivity index (χ0v) is 7.63. The summed E-state index contributed by atoms with van der Waals surface area (Å²) in [4.78, 5) is 0. The first kappa shape index (κ1) is 8.62. The molecule has 0 unspecified atom stereocenters. The van der Waals surface area contributed by atoms with Gasteiger partial charge in [0, 0.05) is 4.47 Å². The quantitative estimate of drug-likeness (QED) is 0.758. The van der Waals surface area contributed by atoms with Gasteiger partial charge in [0.15, 0.2) is 0 Å². The SMILES string of the molecule is Cc1cc(Br)cc(O[B]O)c1. The van der Waals surface area contributed by atoms with Gasteiger partial charge >= 0.3 is 7.69 Å². The van der Waals surface area contributed by atoms with Gasteiger partial charge in [-0.3, -0.25) is 0 Å². The summed E-state index contributed by atoms with van der Waals surface area (Å²) in [6, 6.07) is 5.57. The largest absolute Gasteiger partial charge is 0.569 e. The van der Waals surface area contributed by atoms with Crippen molar-refractivity contribution in [2.24, 2.45) is 0 Å². The molecule has 1 rings (SSSR count). The minimum atomic E-state index is 0.624. The molecule has 1 aromatic carbocycles. The first-order chi connectivity index (χ1) is 5.22. The summed E-state index contributed by atoms with van der Waals surface area (Å²) >= 11 is 3.31. The van der Waals surface area contributed by atoms with Crippen molar-refractivity contribution in [3.05, 3.63) is 28.2 Å². The lowest BCUT2D eigenvalue weighted by Gasteiger charge is -2.02. The molecular weight excluding hydrogens is 207 g/mol. The molecule has 11 heavy (non-hydrogen) atoms. The van der Waals surface area contributed by atoms with E-state index in [1.165, 1.54) is 0 Å². The first-order valence-corrected chi connectivity index (χ1v) is 3.91. The predicted octanol–water partition coefficient (Wildman–Crippen LogP) is 1.66. The van der Waals surface area contributed by atoms with Gasteiger partial charge in [-0.25, -0.2) is 0 Å². The first-order valence-electron chi connectivity index (χ1n) is 3.12. The number of benzene rings is 1. The van der Waals surface area contributed by atoms with Crippen molar-refractivity contribution in [3.63, 3.8) is 0 Å². The zero-order valence-electron chi connectivity index (χ0n) is 6.04. The fourth-order valence-corrected chi connectivity index (χ4v) is 1.42. The third-order valence-corrected chi connectivity index (χ3v) is 1.66. The molecule has 4 heteroatoms. The predicted molar refractivity (Wildman–Crippen MR) is 47.5 cm³/mol. The second-order valence-electron chi connectivity index (χ2n) is 2.19. The van der Waals surface area contributed by atoms with Crippen LogP contribution in [0.3, 0.4) is 0 Å². The average Bonchev–Trinajstić information content (AvgIpc) is 1.85. The molecule has 0 aliphatic carbocycles. The van der Waals surface area contributed by atoms with Gasteiger partial charge in [-0.1, -0.05) is 15.9 Å². The van der Waals surface area contributed by atoms with Crippen molar-refractivity contribution in [2.45, 2.75) is 6.92 Å². The smallest absolute Gasteiger partial charge is 0.537 e. The number of rotatable bonds is 2. The summed E-state index contributed by atoms with van der Waals surface area (Å²) in [5, 5.41) is 8.34. The Kier molecular flexibility index (Phi) is 2.97. The molecule has 57 valence electrons. The molecule has 0 amide bonds. The molecule has 0 atom stereocenters. The Morgan fingerprint density at radius 3 is 2.73 bits per heavy atom. The lowest BCUT2D eigenvalue weighted by molar-refractivity contribution is 0.453. The summed E-state index contributed by atoms with van der Waals surface area (Å²) < 4.78 is 5.71. The van der Waals surface area contributed by atoms with Crippen molar-refractivity contribution >= 4 is 23.6 Å². The third-order valence-electron chi connectivity index (χ3n) is 1.20. The van der Waals surface area contributed by atoms with Crippen LogP contribution in [-0.4, -0.2) is 12.7 Å². The van der Waals surface area contributed by atoms with Gasteiger partial charge in [-0.05, 0) is 30.7 Å². The Morgan fingerprint density at radius 2 is 2.18 bits per heavy atom. The number of halogens is 1. The molecule has 0 saturated heterocycles. The van der Waals surface area contributed by atoms with E-state index < -0.39 is 0 Å². The van der Waals surface area contributed by atoms with Crippen LogP contribution in [0.15, 0.2) is 22.7 Å². The number of hydrogen-bond donors (Lipinski definition) is 1. The van der Waals surface area contributed by atoms with E-state index in [1.807, 2.05) is 19.1 Å². The molecule has 0 aromatic heterocycles. The maximum atomic E-state index is 8.34. The molecule has 0 heterocycles. The fraction of sp³-hybridized carbons (Fsp3) is 0.143. The summed E-state index contributed by atoms with van der Waals surface area (Å²) in [7, 11) is 0.668. The minimum Gasteiger partial charge on any atom is -0.537 e. The van der Waals surface area contributed by atoms with Crippen LogP contribution >= 0.6 is 15.9 Å². The van der Waals surface area contributed by atoms with Crippen molar-refractivity contribution in [1.82, 2.24) is 0 Å². The molecular formula is C7H7BBrO2. The Hall–Kier alpha value is -0.475. The van der Waals surface area contributed by atoms with Gasteiger partial charge in [0.2, 0.25) is 0 Å². The molecule has 1 aromatic rings. The van der Waals surface area contributed by atoms with Crippen LogP contribution in [0.25, 0.3) is 0 Å². The van der Waals surface area contributed by atoms with Crippen LogP contribution in [-0.2, 0) is 0 Å². The Bertz CT molecular complexity index is 232. The summed E-state index contributed by atoms with van der Waals surface area (Å²) in [6.45, 7) is 1.95. The summed E-state index contributed by atoms with van der Waals surface area (Å²) in [5.74, 6) is 0.624. The highest BCUT2D eigenvalue weighted by atomic mass is 79.9. The topological polar surface area (TPSA) is 29.5 Å². The highest BCUT2D eigenvalue weighted by Crippen LogP contribution is 2.20. The normalized spacial score (nSPS) is 9.36. The molecule has 0 bridgehead atoms. The van der Waals surface area contributed by atoms with Crippen LogP contribution < -0.4 is 4.65 Å². The van der Waals surface area contributed by atoms with E-state index in [-0.39, 0.29) is 0 Å². The van der Waals surface area contributed by atoms with Crippen molar-refractivity contribution in [1.29, 1.82) is 0 Å². The van der Waals surface area contributed by atoms with Crippen molar-refractivity contribution in [3.8, 4) is 5.75 Å². The highest BCUT2D eigenvalue weighted by Gasteiger charge is 1.96. The van der Waals surface area contributed by atoms with Crippen molar-refractivity contribution in [2.75, 3.05) is 0 Å². The number of hydrogen-bond acceptors (Lipinski definition) is 2. The monoisotopic (exact) mass is 213 g/mol. The lowest BCUT2D eigenvalue weighted by Crippen LogP contribution is -1.99. The molecule has 2 nitrogen and oxygen atoms in total. The second kappa shape index (κ2) is 3.78. The summed E-state index contributed by atoms with van der Waals surface area (Å²) in [5.41, 5.74) is 1.08. The van der Waals surface area contributed by atoms with E-state index in [1.54, 1.807) is 6.07 Å². The molecule has 0 spiro atoms. The maximum absolute atomic E-state index is 8.34. The lowest BCUT2D eigenvalue weighted by atomic mass is 10.2. The van der Waals surface area contributed by atoms with Gasteiger partial charge in [-0.2, -0.15) is 0 Å². The van der Waals surface area contributed by atoms with Gasteiger partial charge in [0.05, 0.1) is 0 Å². The molecule has 0 aliphatic rings. The van der Waals surface area contributed by atoms with Gasteiger partial charge in [-0.15, -0.1) is 0 Å². The van der Waals surface area contributed by atoms with Gasteiger partial charge < -0.3 is 9.68 Å². The molecule has 1 N–H and O–H groups in total. The van der Waals surface area contributed by atoms with Gasteiger partial charge in [0.25, 0.3) is 0 Å². The Labute approximate surface area is 74.6 Å². The third kappa shape index (κ3) is 2.56. The van der Waals surface area contributed by atoms with E-state index in [4.69, 9.17) is 9.68 Å². The van der Waals surface area contributed by atoms with E-state index in [2.05, 4.69) is 15.9 Å². The number of aryl methyl sites for hydroxylation is 1. The standard InChI is InChI=1S/C7H7BBrO2/c1-5-2-6(9)4-7(3-5)11-8-10/h2-4,10H,1H3. The van der Waals surface area contributed by atoms with E-state index in [0.717, 1.165) is 10.0 Å². The van der Waals surface area contributed by atoms with E-state index in [9.17, 15) is 0 Å². The minimum absolute atomic E-state index is 0.624. The highest BCUT2D eigenvalue weighted by molar-refractivity contribution is 9.10. The van der Waals surface area contributed by atoms with Crippen LogP contribution in [0.4, 0.5) is 0 Å². The molecule has 0 fully saturated rings.